The first-order valence-electron chi connectivity index (χ1n) is 6.48. The van der Waals surface area contributed by atoms with Crippen LogP contribution in [0.2, 0.25) is 0 Å². The van der Waals surface area contributed by atoms with Crippen LogP contribution in [0.15, 0.2) is 23.2 Å². The lowest BCUT2D eigenvalue weighted by molar-refractivity contribution is -0.142. The monoisotopic (exact) mass is 294 g/mol. The molecule has 1 heterocycles. The van der Waals surface area contributed by atoms with Crippen molar-refractivity contribution >= 4 is 11.8 Å². The second-order valence-corrected chi connectivity index (χ2v) is 4.92. The number of para-hydroxylation sites is 1. The van der Waals surface area contributed by atoms with Crippen LogP contribution in [-0.4, -0.2) is 54.4 Å². The van der Waals surface area contributed by atoms with Crippen LogP contribution in [0.1, 0.15) is 12.5 Å². The Balaban J connectivity index is 2.18. The Kier molecular flexibility index (Phi) is 4.32. The highest BCUT2D eigenvalue weighted by molar-refractivity contribution is 6.06. The molecule has 0 aliphatic carbocycles. The maximum Gasteiger partial charge on any atom is 0.331 e. The maximum absolute atomic E-state index is 11.2. The standard InChI is InChI=1S/C14H18N2O5/c1-14(13(18)19)8-15-12(16-14)9-4-3-5-10(11(9)17)21-7-6-20-2/h3-5,17H,6-8H2,1-2H3,(H,15,16)(H,18,19). The van der Waals surface area contributed by atoms with Gasteiger partial charge in [0.2, 0.25) is 0 Å². The molecule has 0 radical (unpaired) electrons. The predicted octanol–water partition coefficient (Wildman–Crippen LogP) is 0.610. The summed E-state index contributed by atoms with van der Waals surface area (Å²) in [5, 5.41) is 22.2. The van der Waals surface area contributed by atoms with Crippen LogP contribution in [0.4, 0.5) is 0 Å². The minimum Gasteiger partial charge on any atom is -0.504 e. The summed E-state index contributed by atoms with van der Waals surface area (Å²) in [5.41, 5.74) is -0.746. The van der Waals surface area contributed by atoms with Gasteiger partial charge in [-0.25, -0.2) is 4.79 Å². The Morgan fingerprint density at radius 1 is 1.48 bits per heavy atom. The molecule has 2 rings (SSSR count). The molecule has 1 aromatic rings. The fourth-order valence-corrected chi connectivity index (χ4v) is 1.92. The quantitative estimate of drug-likeness (QED) is 0.665. The van der Waals surface area contributed by atoms with E-state index < -0.39 is 11.5 Å². The van der Waals surface area contributed by atoms with Crippen LogP contribution in [0.25, 0.3) is 0 Å². The van der Waals surface area contributed by atoms with Gasteiger partial charge in [-0.15, -0.1) is 0 Å². The molecular formula is C14H18N2O5. The molecule has 0 bridgehead atoms. The second-order valence-electron chi connectivity index (χ2n) is 4.92. The molecule has 0 saturated heterocycles. The van der Waals surface area contributed by atoms with Gasteiger partial charge >= 0.3 is 5.97 Å². The van der Waals surface area contributed by atoms with Crippen LogP contribution >= 0.6 is 0 Å². The number of benzene rings is 1. The normalized spacial score (nSPS) is 20.8. The van der Waals surface area contributed by atoms with Crippen molar-refractivity contribution < 1.29 is 24.5 Å². The lowest BCUT2D eigenvalue weighted by Crippen LogP contribution is -2.50. The molecule has 21 heavy (non-hydrogen) atoms. The number of phenolic OH excluding ortho intramolecular Hbond substituents is 1. The third-order valence-electron chi connectivity index (χ3n) is 3.22. The van der Waals surface area contributed by atoms with Gasteiger partial charge in [-0.05, 0) is 19.1 Å². The van der Waals surface area contributed by atoms with Crippen molar-refractivity contribution in [1.82, 2.24) is 5.32 Å². The highest BCUT2D eigenvalue weighted by Crippen LogP contribution is 2.31. The van der Waals surface area contributed by atoms with E-state index in [1.807, 2.05) is 0 Å². The number of carbonyl (C=O) groups is 1. The predicted molar refractivity (Wildman–Crippen MR) is 76.1 cm³/mol. The molecule has 1 atom stereocenters. The molecule has 0 spiro atoms. The number of nitrogens with zero attached hydrogens (tertiary/aromatic N) is 1. The summed E-state index contributed by atoms with van der Waals surface area (Å²) in [7, 11) is 1.56. The first-order chi connectivity index (χ1) is 9.98. The number of carboxylic acid groups (broad SMARTS) is 1. The first kappa shape index (κ1) is 15.1. The number of carboxylic acids is 1. The molecule has 0 fully saturated rings. The number of hydrogen-bond donors (Lipinski definition) is 3. The number of amidine groups is 1. The lowest BCUT2D eigenvalue weighted by Gasteiger charge is -2.19. The van der Waals surface area contributed by atoms with E-state index in [-0.39, 0.29) is 12.3 Å². The highest BCUT2D eigenvalue weighted by atomic mass is 16.5. The Morgan fingerprint density at radius 2 is 2.24 bits per heavy atom. The van der Waals surface area contributed by atoms with E-state index in [2.05, 4.69) is 10.3 Å². The minimum atomic E-state index is -1.16. The number of aromatic hydroxyl groups is 1. The topological polar surface area (TPSA) is 100 Å². The van der Waals surface area contributed by atoms with Crippen LogP contribution in [0, 0.1) is 0 Å². The molecule has 0 saturated carbocycles. The molecule has 3 N–H and O–H groups in total. The smallest absolute Gasteiger partial charge is 0.331 e. The Morgan fingerprint density at radius 3 is 2.86 bits per heavy atom. The van der Waals surface area contributed by atoms with Crippen molar-refractivity contribution in [3.63, 3.8) is 0 Å². The summed E-state index contributed by atoms with van der Waals surface area (Å²) < 4.78 is 10.3. The number of rotatable bonds is 6. The Bertz CT molecular complexity index is 572. The molecule has 0 aromatic heterocycles. The van der Waals surface area contributed by atoms with E-state index in [1.165, 1.54) is 0 Å². The van der Waals surface area contributed by atoms with Crippen molar-refractivity contribution in [2.75, 3.05) is 26.9 Å². The van der Waals surface area contributed by atoms with E-state index in [9.17, 15) is 9.90 Å². The average molecular weight is 294 g/mol. The van der Waals surface area contributed by atoms with E-state index in [1.54, 1.807) is 32.2 Å². The van der Waals surface area contributed by atoms with E-state index in [0.29, 0.717) is 30.4 Å². The van der Waals surface area contributed by atoms with E-state index in [0.717, 1.165) is 0 Å². The molecular weight excluding hydrogens is 276 g/mol. The molecule has 1 aromatic carbocycles. The third-order valence-corrected chi connectivity index (χ3v) is 3.22. The zero-order chi connectivity index (χ0) is 15.5. The number of nitrogens with one attached hydrogen (secondary N) is 1. The van der Waals surface area contributed by atoms with Crippen LogP contribution in [0.5, 0.6) is 11.5 Å². The number of aliphatic imine (C=N–C) groups is 1. The van der Waals surface area contributed by atoms with E-state index >= 15 is 0 Å². The average Bonchev–Trinajstić information content (AvgIpc) is 2.85. The summed E-state index contributed by atoms with van der Waals surface area (Å²) in [6.45, 7) is 2.36. The van der Waals surface area contributed by atoms with Gasteiger partial charge < -0.3 is 25.0 Å². The molecule has 1 aliphatic rings. The summed E-state index contributed by atoms with van der Waals surface area (Å²) in [6, 6.07) is 4.98. The van der Waals surface area contributed by atoms with Crippen molar-refractivity contribution in [2.45, 2.75) is 12.5 Å². The second kappa shape index (κ2) is 6.01. The number of aliphatic carboxylic acids is 1. The SMILES string of the molecule is COCCOc1cccc(C2=NCC(C)(C(=O)O)N2)c1O. The largest absolute Gasteiger partial charge is 0.504 e. The number of ether oxygens (including phenoxy) is 2. The zero-order valence-electron chi connectivity index (χ0n) is 11.9. The maximum atomic E-state index is 11.2. The molecule has 0 amide bonds. The first-order valence-corrected chi connectivity index (χ1v) is 6.48. The van der Waals surface area contributed by atoms with Gasteiger partial charge in [-0.3, -0.25) is 4.99 Å². The third kappa shape index (κ3) is 3.08. The van der Waals surface area contributed by atoms with Gasteiger partial charge in [0.15, 0.2) is 17.0 Å². The molecule has 7 heteroatoms. The zero-order valence-corrected chi connectivity index (χ0v) is 11.9. The van der Waals surface area contributed by atoms with Crippen LogP contribution < -0.4 is 10.1 Å². The van der Waals surface area contributed by atoms with Gasteiger partial charge in [0.05, 0.1) is 18.7 Å². The summed E-state index contributed by atoms with van der Waals surface area (Å²) >= 11 is 0. The molecule has 114 valence electrons. The minimum absolute atomic E-state index is 0.0745. The van der Waals surface area contributed by atoms with Gasteiger partial charge in [-0.2, -0.15) is 0 Å². The Labute approximate surface area is 122 Å². The summed E-state index contributed by atoms with van der Waals surface area (Å²) in [5.74, 6) is -0.421. The highest BCUT2D eigenvalue weighted by Gasteiger charge is 2.39. The van der Waals surface area contributed by atoms with Crippen molar-refractivity contribution in [2.24, 2.45) is 4.99 Å². The summed E-state index contributed by atoms with van der Waals surface area (Å²) in [6.07, 6.45) is 0. The number of methoxy groups -OCH3 is 1. The molecule has 7 nitrogen and oxygen atoms in total. The van der Waals surface area contributed by atoms with Gasteiger partial charge in [0.25, 0.3) is 0 Å². The van der Waals surface area contributed by atoms with Crippen LogP contribution in [0.3, 0.4) is 0 Å². The van der Waals surface area contributed by atoms with Crippen molar-refractivity contribution in [3.05, 3.63) is 23.8 Å². The van der Waals surface area contributed by atoms with E-state index in [4.69, 9.17) is 14.6 Å². The van der Waals surface area contributed by atoms with Crippen LogP contribution in [-0.2, 0) is 9.53 Å². The number of phenols is 1. The Hall–Kier alpha value is -2.28. The fourth-order valence-electron chi connectivity index (χ4n) is 1.92. The molecule has 1 unspecified atom stereocenters. The van der Waals surface area contributed by atoms with Gasteiger partial charge in [0.1, 0.15) is 12.4 Å². The lowest BCUT2D eigenvalue weighted by atomic mass is 10.0. The van der Waals surface area contributed by atoms with Crippen molar-refractivity contribution in [3.8, 4) is 11.5 Å². The fraction of sp³-hybridized carbons (Fsp3) is 0.429. The summed E-state index contributed by atoms with van der Waals surface area (Å²) in [4.78, 5) is 15.4. The van der Waals surface area contributed by atoms with Gasteiger partial charge in [-0.1, -0.05) is 6.07 Å². The van der Waals surface area contributed by atoms with Crippen molar-refractivity contribution in [1.29, 1.82) is 0 Å². The van der Waals surface area contributed by atoms with Gasteiger partial charge in [0, 0.05) is 7.11 Å². The number of hydrogen-bond acceptors (Lipinski definition) is 6. The molecule has 1 aliphatic heterocycles.